The van der Waals surface area contributed by atoms with E-state index in [9.17, 15) is 8.42 Å². The van der Waals surface area contributed by atoms with Crippen LogP contribution in [0.3, 0.4) is 0 Å². The Morgan fingerprint density at radius 3 is 3.00 bits per heavy atom. The molecule has 96 valence electrons. The van der Waals surface area contributed by atoms with Gasteiger partial charge in [0.1, 0.15) is 5.82 Å². The molecule has 6 heteroatoms. The lowest BCUT2D eigenvalue weighted by Crippen LogP contribution is -2.39. The SMILES string of the molecule is CCn1ccnc1C(N)C1CCCCS1(=O)=O. The average molecular weight is 257 g/mol. The molecule has 1 fully saturated rings. The van der Waals surface area contributed by atoms with Gasteiger partial charge in [-0.2, -0.15) is 0 Å². The van der Waals surface area contributed by atoms with Gasteiger partial charge in [-0.1, -0.05) is 6.42 Å². The highest BCUT2D eigenvalue weighted by Crippen LogP contribution is 2.28. The minimum absolute atomic E-state index is 0.262. The molecule has 1 aromatic rings. The van der Waals surface area contributed by atoms with Gasteiger partial charge in [0, 0.05) is 18.9 Å². The van der Waals surface area contributed by atoms with Gasteiger partial charge in [0.15, 0.2) is 9.84 Å². The average Bonchev–Trinajstić information content (AvgIpc) is 2.75. The summed E-state index contributed by atoms with van der Waals surface area (Å²) >= 11 is 0. The Morgan fingerprint density at radius 1 is 1.59 bits per heavy atom. The molecule has 0 saturated carbocycles. The van der Waals surface area contributed by atoms with Gasteiger partial charge in [0.05, 0.1) is 17.0 Å². The predicted molar refractivity (Wildman–Crippen MR) is 66.3 cm³/mol. The Kier molecular flexibility index (Phi) is 3.53. The van der Waals surface area contributed by atoms with Gasteiger partial charge in [0.2, 0.25) is 0 Å². The molecule has 1 aromatic heterocycles. The summed E-state index contributed by atoms with van der Waals surface area (Å²) in [5.41, 5.74) is 6.10. The van der Waals surface area contributed by atoms with E-state index in [1.165, 1.54) is 0 Å². The summed E-state index contributed by atoms with van der Waals surface area (Å²) in [6.45, 7) is 2.75. The summed E-state index contributed by atoms with van der Waals surface area (Å²) in [6.07, 6.45) is 5.86. The van der Waals surface area contributed by atoms with E-state index in [-0.39, 0.29) is 5.75 Å². The van der Waals surface area contributed by atoms with Gasteiger partial charge in [-0.3, -0.25) is 0 Å². The van der Waals surface area contributed by atoms with Crippen molar-refractivity contribution in [2.24, 2.45) is 5.73 Å². The molecule has 5 nitrogen and oxygen atoms in total. The van der Waals surface area contributed by atoms with Gasteiger partial charge >= 0.3 is 0 Å². The van der Waals surface area contributed by atoms with Crippen LogP contribution in [0.15, 0.2) is 12.4 Å². The summed E-state index contributed by atoms with van der Waals surface area (Å²) in [6, 6.07) is -0.504. The summed E-state index contributed by atoms with van der Waals surface area (Å²) in [5, 5.41) is -0.469. The largest absolute Gasteiger partial charge is 0.334 e. The van der Waals surface area contributed by atoms with Crippen LogP contribution in [0.25, 0.3) is 0 Å². The van der Waals surface area contributed by atoms with Crippen molar-refractivity contribution in [3.8, 4) is 0 Å². The number of rotatable bonds is 3. The predicted octanol–water partition coefficient (Wildman–Crippen LogP) is 0.870. The fraction of sp³-hybridized carbons (Fsp3) is 0.727. The second-order valence-corrected chi connectivity index (χ2v) is 6.84. The van der Waals surface area contributed by atoms with E-state index in [1.807, 2.05) is 17.7 Å². The van der Waals surface area contributed by atoms with E-state index in [2.05, 4.69) is 4.98 Å². The van der Waals surface area contributed by atoms with E-state index >= 15 is 0 Å². The maximum absolute atomic E-state index is 12.0. The lowest BCUT2D eigenvalue weighted by Gasteiger charge is -2.27. The Labute approximate surface area is 102 Å². The van der Waals surface area contributed by atoms with E-state index < -0.39 is 21.1 Å². The molecule has 2 N–H and O–H groups in total. The Balaban J connectivity index is 2.28. The molecule has 2 atom stereocenters. The highest BCUT2D eigenvalue weighted by molar-refractivity contribution is 7.92. The van der Waals surface area contributed by atoms with Crippen LogP contribution in [-0.2, 0) is 16.4 Å². The number of hydrogen-bond donors (Lipinski definition) is 1. The third-order valence-electron chi connectivity index (χ3n) is 3.42. The zero-order chi connectivity index (χ0) is 12.5. The van der Waals surface area contributed by atoms with Crippen LogP contribution < -0.4 is 5.73 Å². The first-order valence-electron chi connectivity index (χ1n) is 6.04. The molecule has 2 rings (SSSR count). The van der Waals surface area contributed by atoms with Gasteiger partial charge in [-0.25, -0.2) is 13.4 Å². The number of nitrogens with two attached hydrogens (primary N) is 1. The fourth-order valence-corrected chi connectivity index (χ4v) is 4.44. The molecule has 0 bridgehead atoms. The topological polar surface area (TPSA) is 78.0 Å². The van der Waals surface area contributed by atoms with Crippen LogP contribution in [0.1, 0.15) is 38.1 Å². The van der Waals surface area contributed by atoms with Gasteiger partial charge < -0.3 is 10.3 Å². The molecular weight excluding hydrogens is 238 g/mol. The highest BCUT2D eigenvalue weighted by atomic mass is 32.2. The standard InChI is InChI=1S/C11H19N3O2S/c1-2-14-7-6-13-11(14)10(12)9-5-3-4-8-17(9,15)16/h6-7,9-10H,2-5,8,12H2,1H3. The first-order valence-corrected chi connectivity index (χ1v) is 7.76. The molecule has 17 heavy (non-hydrogen) atoms. The Morgan fingerprint density at radius 2 is 2.35 bits per heavy atom. The lowest BCUT2D eigenvalue weighted by molar-refractivity contribution is 0.484. The minimum atomic E-state index is -3.05. The summed E-state index contributed by atoms with van der Waals surface area (Å²) in [4.78, 5) is 4.20. The van der Waals surface area contributed by atoms with Crippen molar-refractivity contribution in [1.29, 1.82) is 0 Å². The van der Waals surface area contributed by atoms with Crippen LogP contribution in [0.4, 0.5) is 0 Å². The number of imidazole rings is 1. The molecule has 0 aromatic carbocycles. The van der Waals surface area contributed by atoms with Crippen LogP contribution >= 0.6 is 0 Å². The number of sulfone groups is 1. The van der Waals surface area contributed by atoms with Crippen molar-refractivity contribution in [2.45, 2.75) is 44.0 Å². The molecule has 2 heterocycles. The molecule has 2 unspecified atom stereocenters. The number of nitrogens with zero attached hydrogens (tertiary/aromatic N) is 2. The van der Waals surface area contributed by atoms with Crippen LogP contribution in [-0.4, -0.2) is 29.0 Å². The normalized spacial score (nSPS) is 25.6. The smallest absolute Gasteiger partial charge is 0.155 e. The third-order valence-corrected chi connectivity index (χ3v) is 5.72. The van der Waals surface area contributed by atoms with Crippen LogP contribution in [0, 0.1) is 0 Å². The minimum Gasteiger partial charge on any atom is -0.334 e. The summed E-state index contributed by atoms with van der Waals surface area (Å²) in [7, 11) is -3.05. The number of aromatic nitrogens is 2. The number of aryl methyl sites for hydroxylation is 1. The van der Waals surface area contributed by atoms with Crippen molar-refractivity contribution < 1.29 is 8.42 Å². The zero-order valence-corrected chi connectivity index (χ0v) is 10.9. The van der Waals surface area contributed by atoms with Crippen molar-refractivity contribution in [2.75, 3.05) is 5.75 Å². The highest BCUT2D eigenvalue weighted by Gasteiger charge is 2.36. The molecule has 1 saturated heterocycles. The van der Waals surface area contributed by atoms with Gasteiger partial charge in [0.25, 0.3) is 0 Å². The molecular formula is C11H19N3O2S. The third kappa shape index (κ3) is 2.37. The maximum Gasteiger partial charge on any atom is 0.155 e. The van der Waals surface area contributed by atoms with Crippen molar-refractivity contribution in [1.82, 2.24) is 9.55 Å². The molecule has 1 aliphatic rings. The monoisotopic (exact) mass is 257 g/mol. The van der Waals surface area contributed by atoms with Crippen molar-refractivity contribution in [3.05, 3.63) is 18.2 Å². The maximum atomic E-state index is 12.0. The molecule has 1 aliphatic heterocycles. The molecule has 0 aliphatic carbocycles. The van der Waals surface area contributed by atoms with Gasteiger partial charge in [-0.15, -0.1) is 0 Å². The van der Waals surface area contributed by atoms with Crippen LogP contribution in [0.2, 0.25) is 0 Å². The van der Waals surface area contributed by atoms with Crippen molar-refractivity contribution >= 4 is 9.84 Å². The van der Waals surface area contributed by atoms with E-state index in [0.29, 0.717) is 12.2 Å². The van der Waals surface area contributed by atoms with E-state index in [1.54, 1.807) is 6.20 Å². The first kappa shape index (κ1) is 12.6. The fourth-order valence-electron chi connectivity index (χ4n) is 2.43. The second-order valence-electron chi connectivity index (χ2n) is 4.50. The quantitative estimate of drug-likeness (QED) is 0.871. The molecule has 0 radical (unpaired) electrons. The Hall–Kier alpha value is -0.880. The molecule has 0 spiro atoms. The summed E-state index contributed by atoms with van der Waals surface area (Å²) in [5.74, 6) is 0.945. The summed E-state index contributed by atoms with van der Waals surface area (Å²) < 4.78 is 25.9. The van der Waals surface area contributed by atoms with E-state index in [0.717, 1.165) is 19.4 Å². The lowest BCUT2D eigenvalue weighted by atomic mass is 10.1. The molecule has 0 amide bonds. The van der Waals surface area contributed by atoms with Gasteiger partial charge in [-0.05, 0) is 19.8 Å². The van der Waals surface area contributed by atoms with Crippen LogP contribution in [0.5, 0.6) is 0 Å². The Bertz CT molecular complexity index is 481. The number of hydrogen-bond acceptors (Lipinski definition) is 4. The first-order chi connectivity index (χ1) is 8.06. The second kappa shape index (κ2) is 4.78. The van der Waals surface area contributed by atoms with Crippen molar-refractivity contribution in [3.63, 3.8) is 0 Å². The zero-order valence-electron chi connectivity index (χ0n) is 10.0. The van der Waals surface area contributed by atoms with E-state index in [4.69, 9.17) is 5.73 Å².